The third-order valence-corrected chi connectivity index (χ3v) is 5.93. The zero-order valence-corrected chi connectivity index (χ0v) is 17.0. The molecule has 7 nitrogen and oxygen atoms in total. The fourth-order valence-corrected chi connectivity index (χ4v) is 4.62. The molecule has 0 bridgehead atoms. The number of ether oxygens (including phenoxy) is 3. The monoisotopic (exact) mass is 397 g/mol. The van der Waals surface area contributed by atoms with Gasteiger partial charge in [0.2, 0.25) is 5.75 Å². The number of carbonyl (C=O) groups excluding carboxylic acids is 1. The molecule has 0 saturated carbocycles. The van der Waals surface area contributed by atoms with Gasteiger partial charge in [0, 0.05) is 11.3 Å². The molecule has 1 aliphatic heterocycles. The van der Waals surface area contributed by atoms with Gasteiger partial charge in [-0.05, 0) is 18.6 Å². The van der Waals surface area contributed by atoms with E-state index in [0.29, 0.717) is 28.6 Å². The number of hydrogen-bond acceptors (Lipinski definition) is 6. The molecular weight excluding hydrogens is 370 g/mol. The average Bonchev–Trinajstić information content (AvgIpc) is 3.10. The SMILES string of the molecule is CCCCC[C@@H]1SC[C@H](C(=O)O)N1C(=O)c1cc(OC)c(OC)c(OC)c1. The van der Waals surface area contributed by atoms with Crippen molar-refractivity contribution in [2.24, 2.45) is 0 Å². The Balaban J connectivity index is 2.37. The van der Waals surface area contributed by atoms with E-state index in [9.17, 15) is 14.7 Å². The first-order chi connectivity index (χ1) is 13.0. The number of amides is 1. The Hall–Kier alpha value is -2.09. The third kappa shape index (κ3) is 4.61. The lowest BCUT2D eigenvalue weighted by Gasteiger charge is -2.28. The highest BCUT2D eigenvalue weighted by Crippen LogP contribution is 2.40. The number of unbranched alkanes of at least 4 members (excludes halogenated alkanes) is 2. The van der Waals surface area contributed by atoms with Crippen LogP contribution in [0.1, 0.15) is 43.0 Å². The average molecular weight is 397 g/mol. The van der Waals surface area contributed by atoms with Crippen LogP contribution in [-0.2, 0) is 4.79 Å². The smallest absolute Gasteiger partial charge is 0.327 e. The molecule has 1 aromatic carbocycles. The Bertz CT molecular complexity index is 655. The fraction of sp³-hybridized carbons (Fsp3) is 0.579. The van der Waals surface area contributed by atoms with Crippen molar-refractivity contribution < 1.29 is 28.9 Å². The normalized spacial score (nSPS) is 19.0. The second kappa shape index (κ2) is 9.73. The van der Waals surface area contributed by atoms with Crippen molar-refractivity contribution >= 4 is 23.6 Å². The predicted molar refractivity (Wildman–Crippen MR) is 104 cm³/mol. The molecule has 1 aromatic rings. The van der Waals surface area contributed by atoms with E-state index in [2.05, 4.69) is 6.92 Å². The number of aliphatic carboxylic acids is 1. The van der Waals surface area contributed by atoms with Crippen LogP contribution in [0.3, 0.4) is 0 Å². The summed E-state index contributed by atoms with van der Waals surface area (Å²) in [6.45, 7) is 2.11. The van der Waals surface area contributed by atoms with E-state index >= 15 is 0 Å². The van der Waals surface area contributed by atoms with Crippen LogP contribution in [0.25, 0.3) is 0 Å². The Morgan fingerprint density at radius 3 is 2.26 bits per heavy atom. The maximum atomic E-state index is 13.2. The minimum atomic E-state index is -0.985. The van der Waals surface area contributed by atoms with Crippen LogP contribution in [0.5, 0.6) is 17.2 Å². The van der Waals surface area contributed by atoms with E-state index in [-0.39, 0.29) is 11.3 Å². The van der Waals surface area contributed by atoms with E-state index in [1.54, 1.807) is 12.1 Å². The highest BCUT2D eigenvalue weighted by Gasteiger charge is 2.42. The van der Waals surface area contributed by atoms with Gasteiger partial charge in [0.15, 0.2) is 11.5 Å². The lowest BCUT2D eigenvalue weighted by molar-refractivity contribution is -0.141. The van der Waals surface area contributed by atoms with Crippen molar-refractivity contribution in [2.75, 3.05) is 27.1 Å². The molecule has 0 unspecified atom stereocenters. The van der Waals surface area contributed by atoms with Gasteiger partial charge in [-0.15, -0.1) is 11.8 Å². The third-order valence-electron chi connectivity index (χ3n) is 4.58. The van der Waals surface area contributed by atoms with Crippen LogP contribution in [0.15, 0.2) is 12.1 Å². The first-order valence-electron chi connectivity index (χ1n) is 8.95. The van der Waals surface area contributed by atoms with Gasteiger partial charge in [0.1, 0.15) is 6.04 Å². The predicted octanol–water partition coefficient (Wildman–Crippen LogP) is 3.26. The molecule has 2 rings (SSSR count). The molecule has 0 radical (unpaired) electrons. The van der Waals surface area contributed by atoms with Crippen molar-refractivity contribution in [3.8, 4) is 17.2 Å². The van der Waals surface area contributed by atoms with Crippen molar-refractivity contribution in [3.05, 3.63) is 17.7 Å². The summed E-state index contributed by atoms with van der Waals surface area (Å²) >= 11 is 1.52. The number of carboxylic acids is 1. The molecule has 1 saturated heterocycles. The number of methoxy groups -OCH3 is 3. The van der Waals surface area contributed by atoms with Crippen molar-refractivity contribution in [1.29, 1.82) is 0 Å². The molecule has 1 fully saturated rings. The number of benzene rings is 1. The molecule has 1 amide bonds. The number of nitrogens with zero attached hydrogens (tertiary/aromatic N) is 1. The quantitative estimate of drug-likeness (QED) is 0.640. The van der Waals surface area contributed by atoms with Gasteiger partial charge < -0.3 is 24.2 Å². The Morgan fingerprint density at radius 1 is 1.15 bits per heavy atom. The number of hydrogen-bond donors (Lipinski definition) is 1. The number of thioether (sulfide) groups is 1. The Morgan fingerprint density at radius 2 is 1.78 bits per heavy atom. The van der Waals surface area contributed by atoms with Crippen LogP contribution >= 0.6 is 11.8 Å². The molecule has 1 heterocycles. The summed E-state index contributed by atoms with van der Waals surface area (Å²) in [5, 5.41) is 9.43. The van der Waals surface area contributed by atoms with Gasteiger partial charge in [-0.3, -0.25) is 4.79 Å². The maximum absolute atomic E-state index is 13.2. The summed E-state index contributed by atoms with van der Waals surface area (Å²) in [5.74, 6) is 0.182. The summed E-state index contributed by atoms with van der Waals surface area (Å²) in [6, 6.07) is 2.29. The van der Waals surface area contributed by atoms with Gasteiger partial charge in [0.25, 0.3) is 5.91 Å². The Kier molecular flexibility index (Phi) is 7.65. The molecule has 1 N–H and O–H groups in total. The molecule has 0 spiro atoms. The topological polar surface area (TPSA) is 85.3 Å². The van der Waals surface area contributed by atoms with Gasteiger partial charge in [-0.1, -0.05) is 26.2 Å². The van der Waals surface area contributed by atoms with Gasteiger partial charge in [-0.25, -0.2) is 4.79 Å². The number of carbonyl (C=O) groups is 2. The summed E-state index contributed by atoms with van der Waals surface area (Å²) in [7, 11) is 4.44. The van der Waals surface area contributed by atoms with Crippen LogP contribution in [-0.4, -0.2) is 60.4 Å². The summed E-state index contributed by atoms with van der Waals surface area (Å²) in [4.78, 5) is 26.4. The zero-order chi connectivity index (χ0) is 20.0. The molecule has 27 heavy (non-hydrogen) atoms. The van der Waals surface area contributed by atoms with Gasteiger partial charge in [0.05, 0.1) is 26.7 Å². The highest BCUT2D eigenvalue weighted by atomic mass is 32.2. The maximum Gasteiger partial charge on any atom is 0.327 e. The number of carboxylic acid groups (broad SMARTS) is 1. The lowest BCUT2D eigenvalue weighted by atomic mass is 10.1. The molecule has 0 aliphatic carbocycles. The molecule has 150 valence electrons. The summed E-state index contributed by atoms with van der Waals surface area (Å²) in [6.07, 6.45) is 3.86. The summed E-state index contributed by atoms with van der Waals surface area (Å²) in [5.41, 5.74) is 0.318. The van der Waals surface area contributed by atoms with E-state index in [1.165, 1.54) is 38.0 Å². The fourth-order valence-electron chi connectivity index (χ4n) is 3.17. The van der Waals surface area contributed by atoms with Crippen LogP contribution in [0.4, 0.5) is 0 Å². The largest absolute Gasteiger partial charge is 0.493 e. The first-order valence-corrected chi connectivity index (χ1v) is 10.00. The minimum Gasteiger partial charge on any atom is -0.493 e. The van der Waals surface area contributed by atoms with E-state index in [0.717, 1.165) is 25.7 Å². The standard InChI is InChI=1S/C19H27NO6S/c1-5-6-7-8-16-20(13(11-27-16)19(22)23)18(21)12-9-14(24-2)17(26-4)15(10-12)25-3/h9-10,13,16H,5-8,11H2,1-4H3,(H,22,23)/t13-,16+/m1/s1. The van der Waals surface area contributed by atoms with Crippen molar-refractivity contribution in [2.45, 2.75) is 44.0 Å². The molecule has 8 heteroatoms. The molecule has 0 aromatic heterocycles. The van der Waals surface area contributed by atoms with E-state index in [4.69, 9.17) is 14.2 Å². The van der Waals surface area contributed by atoms with Crippen LogP contribution < -0.4 is 14.2 Å². The van der Waals surface area contributed by atoms with Crippen LogP contribution in [0, 0.1) is 0 Å². The lowest BCUT2D eigenvalue weighted by Crippen LogP contribution is -2.45. The van der Waals surface area contributed by atoms with Gasteiger partial charge >= 0.3 is 5.97 Å². The molecule has 2 atom stereocenters. The summed E-state index contributed by atoms with van der Waals surface area (Å²) < 4.78 is 15.9. The first kappa shape index (κ1) is 21.2. The second-order valence-electron chi connectivity index (χ2n) is 6.26. The number of rotatable bonds is 9. The highest BCUT2D eigenvalue weighted by molar-refractivity contribution is 8.00. The van der Waals surface area contributed by atoms with Crippen molar-refractivity contribution in [1.82, 2.24) is 4.90 Å². The van der Waals surface area contributed by atoms with Crippen molar-refractivity contribution in [3.63, 3.8) is 0 Å². The Labute approximate surface area is 164 Å². The van der Waals surface area contributed by atoms with Crippen LogP contribution in [0.2, 0.25) is 0 Å². The zero-order valence-electron chi connectivity index (χ0n) is 16.2. The van der Waals surface area contributed by atoms with E-state index < -0.39 is 12.0 Å². The van der Waals surface area contributed by atoms with Gasteiger partial charge in [-0.2, -0.15) is 0 Å². The molecular formula is C19H27NO6S. The second-order valence-corrected chi connectivity index (χ2v) is 7.48. The molecule has 1 aliphatic rings. The minimum absolute atomic E-state index is 0.149. The van der Waals surface area contributed by atoms with E-state index in [1.807, 2.05) is 0 Å².